The van der Waals surface area contributed by atoms with E-state index in [9.17, 15) is 8.78 Å². The van der Waals surface area contributed by atoms with Gasteiger partial charge in [0.1, 0.15) is 0 Å². The number of hydrogen-bond donors (Lipinski definition) is 1. The van der Waals surface area contributed by atoms with E-state index in [4.69, 9.17) is 0 Å². The van der Waals surface area contributed by atoms with Crippen molar-refractivity contribution in [2.24, 2.45) is 11.8 Å². The lowest BCUT2D eigenvalue weighted by atomic mass is 9.95. The van der Waals surface area contributed by atoms with E-state index < -0.39 is 5.92 Å². The summed E-state index contributed by atoms with van der Waals surface area (Å²) in [6, 6.07) is 0. The second-order valence-corrected chi connectivity index (χ2v) is 2.57. The van der Waals surface area contributed by atoms with Gasteiger partial charge >= 0.3 is 0 Å². The summed E-state index contributed by atoms with van der Waals surface area (Å²) >= 11 is 0. The van der Waals surface area contributed by atoms with E-state index in [0.29, 0.717) is 5.92 Å². The van der Waals surface area contributed by atoms with E-state index in [1.165, 1.54) is 0 Å². The minimum atomic E-state index is -2.25. The number of alkyl halides is 2. The van der Waals surface area contributed by atoms with Gasteiger partial charge in [0.05, 0.1) is 0 Å². The van der Waals surface area contributed by atoms with Gasteiger partial charge in [-0.2, -0.15) is 0 Å². The van der Waals surface area contributed by atoms with Crippen molar-refractivity contribution in [3.05, 3.63) is 0 Å². The molecule has 0 aliphatic heterocycles. The van der Waals surface area contributed by atoms with Crippen molar-refractivity contribution < 1.29 is 8.78 Å². The van der Waals surface area contributed by atoms with Crippen LogP contribution in [0, 0.1) is 11.8 Å². The summed E-state index contributed by atoms with van der Waals surface area (Å²) < 4.78 is 23.9. The first-order valence-corrected chi connectivity index (χ1v) is 2.58. The molecule has 0 aromatic rings. The summed E-state index contributed by atoms with van der Waals surface area (Å²) in [6.45, 7) is 0. The molecule has 2 rings (SSSR count). The summed E-state index contributed by atoms with van der Waals surface area (Å²) in [4.78, 5) is 0. The maximum Gasteiger partial charge on any atom is 0.251 e. The summed E-state index contributed by atoms with van der Waals surface area (Å²) in [5.41, 5.74) is 0. The van der Waals surface area contributed by atoms with Crippen LogP contribution in [0.2, 0.25) is 0 Å². The van der Waals surface area contributed by atoms with E-state index in [1.54, 1.807) is 0 Å². The predicted molar refractivity (Wildman–Crippen MR) is 33.4 cm³/mol. The lowest BCUT2D eigenvalue weighted by molar-refractivity contribution is -0.0852. The Morgan fingerprint density at radius 1 is 1.33 bits per heavy atom. The van der Waals surface area contributed by atoms with Gasteiger partial charge in [0.15, 0.2) is 0 Å². The Morgan fingerprint density at radius 3 is 1.89 bits per heavy atom. The van der Waals surface area contributed by atoms with Crippen molar-refractivity contribution in [3.63, 3.8) is 0 Å². The predicted octanol–water partition coefficient (Wildman–Crippen LogP) is 2.25. The Hall–Kier alpha value is 0.110. The van der Waals surface area contributed by atoms with Crippen LogP contribution in [-0.4, -0.2) is 5.92 Å². The van der Waals surface area contributed by atoms with Crippen LogP contribution in [0.4, 0.5) is 8.78 Å². The number of halogens is 3. The molecule has 2 aliphatic carbocycles. The first-order chi connectivity index (χ1) is 3.20. The van der Waals surface area contributed by atoms with Crippen LogP contribution in [0.5, 0.6) is 0 Å². The molecular formula is C5H10ClF2N. The lowest BCUT2D eigenvalue weighted by Gasteiger charge is -2.23. The maximum absolute atomic E-state index is 12.0. The molecule has 9 heavy (non-hydrogen) atoms. The fraction of sp³-hybridized carbons (Fsp3) is 1.00. The van der Waals surface area contributed by atoms with Crippen molar-refractivity contribution in [3.8, 4) is 0 Å². The number of fused-ring (bicyclic) bond motifs is 1. The molecule has 56 valence electrons. The van der Waals surface area contributed by atoms with Gasteiger partial charge in [0, 0.05) is 12.3 Å². The molecular weight excluding hydrogens is 148 g/mol. The van der Waals surface area contributed by atoms with E-state index >= 15 is 0 Å². The topological polar surface area (TPSA) is 35.0 Å². The molecule has 2 unspecified atom stereocenters. The van der Waals surface area contributed by atoms with Gasteiger partial charge in [-0.1, -0.05) is 0 Å². The molecule has 0 radical (unpaired) electrons. The second-order valence-electron chi connectivity index (χ2n) is 2.57. The molecule has 4 heteroatoms. The molecule has 0 aromatic carbocycles. The third-order valence-electron chi connectivity index (χ3n) is 2.00. The zero-order chi connectivity index (χ0) is 5.07. The van der Waals surface area contributed by atoms with Crippen LogP contribution in [0.3, 0.4) is 0 Å². The SMILES string of the molecule is Cl.FC1(F)CC2CC21.N. The summed E-state index contributed by atoms with van der Waals surface area (Å²) in [6.07, 6.45) is 0.977. The summed E-state index contributed by atoms with van der Waals surface area (Å²) in [5.74, 6) is -2.01. The van der Waals surface area contributed by atoms with Crippen LogP contribution >= 0.6 is 12.4 Å². The standard InChI is InChI=1S/C5H6F2.ClH.H3N/c6-5(7)2-3-1-4(3)5;;/h3-4H,1-2H2;1H;1H3. The maximum atomic E-state index is 12.0. The molecule has 0 saturated heterocycles. The van der Waals surface area contributed by atoms with Gasteiger partial charge in [-0.25, -0.2) is 8.78 Å². The number of hydrogen-bond acceptors (Lipinski definition) is 1. The fourth-order valence-electron chi connectivity index (χ4n) is 1.33. The van der Waals surface area contributed by atoms with E-state index in [2.05, 4.69) is 0 Å². The molecule has 0 bridgehead atoms. The van der Waals surface area contributed by atoms with Crippen LogP contribution in [0.1, 0.15) is 12.8 Å². The van der Waals surface area contributed by atoms with Gasteiger partial charge in [0.25, 0.3) is 5.92 Å². The van der Waals surface area contributed by atoms with Crippen LogP contribution < -0.4 is 6.15 Å². The Morgan fingerprint density at radius 2 is 1.89 bits per heavy atom. The molecule has 0 heterocycles. The second kappa shape index (κ2) is 2.06. The van der Waals surface area contributed by atoms with Crippen LogP contribution in [0.25, 0.3) is 0 Å². The van der Waals surface area contributed by atoms with Gasteiger partial charge in [-0.15, -0.1) is 12.4 Å². The number of rotatable bonds is 0. The third-order valence-corrected chi connectivity index (χ3v) is 2.00. The molecule has 0 amide bonds. The normalized spacial score (nSPS) is 40.7. The zero-order valence-electron chi connectivity index (χ0n) is 4.94. The molecule has 2 saturated carbocycles. The van der Waals surface area contributed by atoms with E-state index in [1.807, 2.05) is 0 Å². The van der Waals surface area contributed by atoms with Crippen molar-refractivity contribution >= 4 is 12.4 Å². The molecule has 0 spiro atoms. The van der Waals surface area contributed by atoms with E-state index in [-0.39, 0.29) is 30.9 Å². The quantitative estimate of drug-likeness (QED) is 0.575. The van der Waals surface area contributed by atoms with Crippen molar-refractivity contribution in [1.29, 1.82) is 0 Å². The Labute approximate surface area is 58.8 Å². The van der Waals surface area contributed by atoms with Crippen molar-refractivity contribution in [2.45, 2.75) is 18.8 Å². The van der Waals surface area contributed by atoms with Crippen LogP contribution in [-0.2, 0) is 0 Å². The molecule has 2 atom stereocenters. The first kappa shape index (κ1) is 9.11. The molecule has 0 aromatic heterocycles. The molecule has 2 aliphatic rings. The zero-order valence-corrected chi connectivity index (χ0v) is 5.76. The lowest BCUT2D eigenvalue weighted by Crippen LogP contribution is -2.29. The minimum absolute atomic E-state index is 0. The van der Waals surface area contributed by atoms with Gasteiger partial charge in [-0.05, 0) is 12.3 Å². The third kappa shape index (κ3) is 1.03. The van der Waals surface area contributed by atoms with Crippen LogP contribution in [0.15, 0.2) is 0 Å². The summed E-state index contributed by atoms with van der Waals surface area (Å²) in [5, 5.41) is 0. The minimum Gasteiger partial charge on any atom is -0.344 e. The summed E-state index contributed by atoms with van der Waals surface area (Å²) in [7, 11) is 0. The highest BCUT2D eigenvalue weighted by molar-refractivity contribution is 5.85. The van der Waals surface area contributed by atoms with Gasteiger partial charge < -0.3 is 6.15 Å². The monoisotopic (exact) mass is 157 g/mol. The molecule has 2 fully saturated rings. The fourth-order valence-corrected chi connectivity index (χ4v) is 1.33. The highest BCUT2D eigenvalue weighted by Gasteiger charge is 2.66. The average Bonchev–Trinajstić information content (AvgIpc) is 2.13. The van der Waals surface area contributed by atoms with Crippen molar-refractivity contribution in [2.75, 3.05) is 0 Å². The Bertz CT molecular complexity index is 118. The highest BCUT2D eigenvalue weighted by atomic mass is 35.5. The smallest absolute Gasteiger partial charge is 0.251 e. The Kier molecular flexibility index (Phi) is 2.08. The first-order valence-electron chi connectivity index (χ1n) is 2.58. The van der Waals surface area contributed by atoms with E-state index in [0.717, 1.165) is 6.42 Å². The van der Waals surface area contributed by atoms with Gasteiger partial charge in [0.2, 0.25) is 0 Å². The molecule has 3 N–H and O–H groups in total. The van der Waals surface area contributed by atoms with Crippen molar-refractivity contribution in [1.82, 2.24) is 6.15 Å². The largest absolute Gasteiger partial charge is 0.344 e. The highest BCUT2D eigenvalue weighted by Crippen LogP contribution is 2.64. The Balaban J connectivity index is 0.000000320. The van der Waals surface area contributed by atoms with Gasteiger partial charge in [-0.3, -0.25) is 0 Å². The molecule has 1 nitrogen and oxygen atoms in total. The average molecular weight is 158 g/mol.